The molecule has 1 aromatic carbocycles. The number of likely N-dealkylation sites (tertiary alicyclic amines) is 1. The number of benzene rings is 1. The van der Waals surface area contributed by atoms with Gasteiger partial charge in [0.1, 0.15) is 12.1 Å². The maximum Gasteiger partial charge on any atom is 0.401 e. The minimum Gasteiger partial charge on any atom is -0.444 e. The number of hydrogen-bond acceptors (Lipinski definition) is 4. The SMILES string of the molecule is CCNC(=NCCc1coc(-c2ccc(F)cc2)n1)NC1CCN(CC(F)(F)F)C1.I. The fraction of sp³-hybridized carbons (Fsp3) is 0.500. The van der Waals surface area contributed by atoms with Gasteiger partial charge in [-0.05, 0) is 37.6 Å². The number of guanidine groups is 1. The number of nitrogens with zero attached hydrogens (tertiary/aromatic N) is 3. The van der Waals surface area contributed by atoms with Crippen LogP contribution in [0.2, 0.25) is 0 Å². The van der Waals surface area contributed by atoms with Crippen LogP contribution in [-0.2, 0) is 6.42 Å². The molecule has 172 valence electrons. The van der Waals surface area contributed by atoms with E-state index in [2.05, 4.69) is 20.6 Å². The molecule has 1 aromatic heterocycles. The summed E-state index contributed by atoms with van der Waals surface area (Å²) in [5.41, 5.74) is 1.40. The van der Waals surface area contributed by atoms with Gasteiger partial charge < -0.3 is 15.1 Å². The zero-order chi connectivity index (χ0) is 21.6. The van der Waals surface area contributed by atoms with Crippen LogP contribution in [0.1, 0.15) is 19.0 Å². The highest BCUT2D eigenvalue weighted by atomic mass is 127. The van der Waals surface area contributed by atoms with E-state index in [1.165, 1.54) is 17.0 Å². The van der Waals surface area contributed by atoms with Gasteiger partial charge in [0, 0.05) is 44.2 Å². The Morgan fingerprint density at radius 3 is 2.71 bits per heavy atom. The van der Waals surface area contributed by atoms with E-state index in [0.29, 0.717) is 62.1 Å². The lowest BCUT2D eigenvalue weighted by molar-refractivity contribution is -0.143. The minimum atomic E-state index is -4.18. The average molecular weight is 555 g/mol. The lowest BCUT2D eigenvalue weighted by Crippen LogP contribution is -2.45. The largest absolute Gasteiger partial charge is 0.444 e. The maximum absolute atomic E-state index is 13.0. The van der Waals surface area contributed by atoms with E-state index in [9.17, 15) is 17.6 Å². The predicted octanol–water partition coefficient (Wildman–Crippen LogP) is 3.83. The van der Waals surface area contributed by atoms with E-state index in [0.717, 1.165) is 0 Å². The van der Waals surface area contributed by atoms with Gasteiger partial charge in [0.25, 0.3) is 0 Å². The van der Waals surface area contributed by atoms with Crippen molar-refractivity contribution in [2.75, 3.05) is 32.7 Å². The summed E-state index contributed by atoms with van der Waals surface area (Å²) < 4.78 is 56.1. The van der Waals surface area contributed by atoms with Gasteiger partial charge in [-0.3, -0.25) is 9.89 Å². The monoisotopic (exact) mass is 555 g/mol. The molecular weight excluding hydrogens is 529 g/mol. The highest BCUT2D eigenvalue weighted by molar-refractivity contribution is 14.0. The number of aliphatic imine (C=N–C) groups is 1. The number of rotatable bonds is 7. The number of oxazole rings is 1. The van der Waals surface area contributed by atoms with Crippen molar-refractivity contribution in [3.05, 3.63) is 42.0 Å². The minimum absolute atomic E-state index is 0. The zero-order valence-corrected chi connectivity index (χ0v) is 19.4. The molecule has 0 amide bonds. The Hall–Kier alpha value is -1.89. The van der Waals surface area contributed by atoms with Crippen molar-refractivity contribution in [2.24, 2.45) is 4.99 Å². The molecule has 0 saturated carbocycles. The fourth-order valence-electron chi connectivity index (χ4n) is 3.29. The van der Waals surface area contributed by atoms with Crippen molar-refractivity contribution in [3.63, 3.8) is 0 Å². The molecule has 0 spiro atoms. The Morgan fingerprint density at radius 2 is 2.03 bits per heavy atom. The summed E-state index contributed by atoms with van der Waals surface area (Å²) >= 11 is 0. The molecule has 1 aliphatic heterocycles. The van der Waals surface area contributed by atoms with Gasteiger partial charge in [-0.1, -0.05) is 0 Å². The molecule has 1 atom stereocenters. The van der Waals surface area contributed by atoms with Gasteiger partial charge in [-0.2, -0.15) is 13.2 Å². The van der Waals surface area contributed by atoms with Crippen LogP contribution in [0.25, 0.3) is 11.5 Å². The highest BCUT2D eigenvalue weighted by Crippen LogP contribution is 2.20. The predicted molar refractivity (Wildman–Crippen MR) is 121 cm³/mol. The van der Waals surface area contributed by atoms with E-state index in [-0.39, 0.29) is 35.8 Å². The Kier molecular flexibility index (Phi) is 9.54. The molecule has 11 heteroatoms. The summed E-state index contributed by atoms with van der Waals surface area (Å²) in [5.74, 6) is 0.653. The Morgan fingerprint density at radius 1 is 1.29 bits per heavy atom. The van der Waals surface area contributed by atoms with E-state index < -0.39 is 12.7 Å². The maximum atomic E-state index is 13.0. The summed E-state index contributed by atoms with van der Waals surface area (Å²) in [6, 6.07) is 5.80. The van der Waals surface area contributed by atoms with E-state index in [1.807, 2.05) is 6.92 Å². The number of nitrogens with one attached hydrogen (secondary N) is 2. The van der Waals surface area contributed by atoms with Crippen LogP contribution in [0.3, 0.4) is 0 Å². The van der Waals surface area contributed by atoms with Gasteiger partial charge in [-0.25, -0.2) is 9.37 Å². The van der Waals surface area contributed by atoms with Crippen molar-refractivity contribution in [3.8, 4) is 11.5 Å². The molecule has 31 heavy (non-hydrogen) atoms. The Labute approximate surface area is 195 Å². The molecule has 0 radical (unpaired) electrons. The van der Waals surface area contributed by atoms with Crippen LogP contribution < -0.4 is 10.6 Å². The molecular formula is C20H26F4IN5O. The Balaban J connectivity index is 0.00000341. The van der Waals surface area contributed by atoms with E-state index >= 15 is 0 Å². The topological polar surface area (TPSA) is 65.7 Å². The molecule has 1 aliphatic rings. The first-order chi connectivity index (χ1) is 14.3. The van der Waals surface area contributed by atoms with Crippen LogP contribution in [0.5, 0.6) is 0 Å². The molecule has 0 bridgehead atoms. The van der Waals surface area contributed by atoms with Gasteiger partial charge >= 0.3 is 6.18 Å². The summed E-state index contributed by atoms with van der Waals surface area (Å²) in [6.07, 6.45) is -1.48. The number of alkyl halides is 3. The average Bonchev–Trinajstić information content (AvgIpc) is 3.31. The molecule has 1 saturated heterocycles. The molecule has 2 heterocycles. The summed E-state index contributed by atoms with van der Waals surface area (Å²) in [4.78, 5) is 10.3. The van der Waals surface area contributed by atoms with Gasteiger partial charge in [0.05, 0.1) is 12.2 Å². The second-order valence-electron chi connectivity index (χ2n) is 7.14. The second-order valence-corrected chi connectivity index (χ2v) is 7.14. The lowest BCUT2D eigenvalue weighted by atomic mass is 10.2. The first-order valence-electron chi connectivity index (χ1n) is 9.86. The third-order valence-electron chi connectivity index (χ3n) is 4.64. The van der Waals surface area contributed by atoms with Crippen molar-refractivity contribution >= 4 is 29.9 Å². The number of aromatic nitrogens is 1. The third kappa shape index (κ3) is 8.28. The molecule has 2 aromatic rings. The van der Waals surface area contributed by atoms with Crippen LogP contribution in [0.4, 0.5) is 17.6 Å². The molecule has 1 unspecified atom stereocenters. The van der Waals surface area contributed by atoms with Crippen molar-refractivity contribution < 1.29 is 22.0 Å². The fourth-order valence-corrected chi connectivity index (χ4v) is 3.29. The van der Waals surface area contributed by atoms with Gasteiger partial charge in [0.2, 0.25) is 5.89 Å². The highest BCUT2D eigenvalue weighted by Gasteiger charge is 2.34. The lowest BCUT2D eigenvalue weighted by Gasteiger charge is -2.19. The molecule has 0 aliphatic carbocycles. The molecule has 6 nitrogen and oxygen atoms in total. The Bertz CT molecular complexity index is 841. The van der Waals surface area contributed by atoms with Crippen LogP contribution in [-0.4, -0.2) is 60.8 Å². The van der Waals surface area contributed by atoms with Crippen molar-refractivity contribution in [1.82, 2.24) is 20.5 Å². The zero-order valence-electron chi connectivity index (χ0n) is 17.1. The molecule has 3 rings (SSSR count). The van der Waals surface area contributed by atoms with Crippen LogP contribution in [0.15, 0.2) is 39.9 Å². The number of halogens is 5. The van der Waals surface area contributed by atoms with Crippen molar-refractivity contribution in [1.29, 1.82) is 0 Å². The summed E-state index contributed by atoms with van der Waals surface area (Å²) in [6.45, 7) is 2.85. The molecule has 1 fully saturated rings. The second kappa shape index (κ2) is 11.7. The quantitative estimate of drug-likeness (QED) is 0.236. The van der Waals surface area contributed by atoms with Crippen LogP contribution in [0, 0.1) is 5.82 Å². The third-order valence-corrected chi connectivity index (χ3v) is 4.64. The van der Waals surface area contributed by atoms with Crippen LogP contribution >= 0.6 is 24.0 Å². The van der Waals surface area contributed by atoms with Gasteiger partial charge in [-0.15, -0.1) is 24.0 Å². The van der Waals surface area contributed by atoms with Crippen molar-refractivity contribution in [2.45, 2.75) is 32.0 Å². The first-order valence-corrected chi connectivity index (χ1v) is 9.86. The number of hydrogen-bond donors (Lipinski definition) is 2. The smallest absolute Gasteiger partial charge is 0.401 e. The summed E-state index contributed by atoms with van der Waals surface area (Å²) in [7, 11) is 0. The standard InChI is InChI=1S/C20H25F4N5O.HI/c1-2-25-19(28-16-8-10-29(11-16)13-20(22,23)24)26-9-7-17-12-30-18(27-17)14-3-5-15(21)6-4-14;/h3-6,12,16H,2,7-11,13H2,1H3,(H2,25,26,28);1H. The normalized spacial score (nSPS) is 17.5. The van der Waals surface area contributed by atoms with E-state index in [1.54, 1.807) is 18.4 Å². The summed E-state index contributed by atoms with van der Waals surface area (Å²) in [5, 5.41) is 6.32. The first kappa shape index (κ1) is 25.4. The van der Waals surface area contributed by atoms with Gasteiger partial charge in [0.15, 0.2) is 5.96 Å². The molecule has 2 N–H and O–H groups in total. The van der Waals surface area contributed by atoms with E-state index in [4.69, 9.17) is 4.42 Å².